The monoisotopic (exact) mass is 268 g/mol. The number of nitrogens with zero attached hydrogens (tertiary/aromatic N) is 1. The van der Waals surface area contributed by atoms with Crippen molar-refractivity contribution in [2.24, 2.45) is 5.92 Å². The van der Waals surface area contributed by atoms with Gasteiger partial charge in [-0.05, 0) is 61.3 Å². The molecular weight excluding hydrogens is 244 g/mol. The van der Waals surface area contributed by atoms with Gasteiger partial charge in [0.05, 0.1) is 0 Å². The Morgan fingerprint density at radius 3 is 2.85 bits per heavy atom. The van der Waals surface area contributed by atoms with Crippen LogP contribution in [0.5, 0.6) is 0 Å². The van der Waals surface area contributed by atoms with Gasteiger partial charge < -0.3 is 5.32 Å². The summed E-state index contributed by atoms with van der Waals surface area (Å²) in [5, 5.41) is 6.01. The molecule has 2 aromatic carbocycles. The summed E-state index contributed by atoms with van der Waals surface area (Å²) in [5.41, 5.74) is 1.44. The lowest BCUT2D eigenvalue weighted by molar-refractivity contribution is 0.167. The van der Waals surface area contributed by atoms with E-state index >= 15 is 0 Å². The molecule has 1 unspecified atom stereocenters. The lowest BCUT2D eigenvalue weighted by Gasteiger charge is -2.32. The summed E-state index contributed by atoms with van der Waals surface area (Å²) >= 11 is 0. The highest BCUT2D eigenvalue weighted by Crippen LogP contribution is 2.20. The number of hydrogen-bond donors (Lipinski definition) is 1. The summed E-state index contributed by atoms with van der Waals surface area (Å²) in [4.78, 5) is 2.61. The molecule has 1 fully saturated rings. The molecule has 2 heteroatoms. The largest absolute Gasteiger partial charge is 0.319 e. The molecule has 0 aliphatic carbocycles. The highest BCUT2D eigenvalue weighted by atomic mass is 15.1. The Morgan fingerprint density at radius 2 is 2.00 bits per heavy atom. The molecule has 1 aliphatic rings. The van der Waals surface area contributed by atoms with E-state index in [2.05, 4.69) is 59.7 Å². The van der Waals surface area contributed by atoms with Crippen LogP contribution in [0.25, 0.3) is 10.8 Å². The van der Waals surface area contributed by atoms with Gasteiger partial charge in [0, 0.05) is 13.1 Å². The quantitative estimate of drug-likeness (QED) is 0.915. The molecule has 0 amide bonds. The second kappa shape index (κ2) is 6.38. The van der Waals surface area contributed by atoms with Gasteiger partial charge in [0.25, 0.3) is 0 Å². The first-order valence-electron chi connectivity index (χ1n) is 7.70. The predicted molar refractivity (Wildman–Crippen MR) is 85.9 cm³/mol. The molecule has 2 aromatic rings. The van der Waals surface area contributed by atoms with Crippen LogP contribution < -0.4 is 5.32 Å². The lowest BCUT2D eigenvalue weighted by Crippen LogP contribution is -2.38. The zero-order valence-electron chi connectivity index (χ0n) is 12.3. The average Bonchev–Trinajstić information content (AvgIpc) is 2.48. The maximum absolute atomic E-state index is 3.32. The number of fused-ring (bicyclic) bond motifs is 1. The van der Waals surface area contributed by atoms with Gasteiger partial charge in [-0.3, -0.25) is 4.90 Å². The van der Waals surface area contributed by atoms with Gasteiger partial charge in [0.2, 0.25) is 0 Å². The van der Waals surface area contributed by atoms with Crippen molar-refractivity contribution < 1.29 is 0 Å². The Kier molecular flexibility index (Phi) is 4.34. The molecule has 1 N–H and O–H groups in total. The zero-order chi connectivity index (χ0) is 13.8. The van der Waals surface area contributed by atoms with Crippen LogP contribution in [0.15, 0.2) is 42.5 Å². The highest BCUT2D eigenvalue weighted by molar-refractivity contribution is 5.82. The van der Waals surface area contributed by atoms with Gasteiger partial charge in [-0.25, -0.2) is 0 Å². The van der Waals surface area contributed by atoms with Crippen LogP contribution >= 0.6 is 0 Å². The first kappa shape index (κ1) is 13.6. The summed E-state index contributed by atoms with van der Waals surface area (Å²) in [6.07, 6.45) is 2.70. The average molecular weight is 268 g/mol. The van der Waals surface area contributed by atoms with E-state index < -0.39 is 0 Å². The number of likely N-dealkylation sites (tertiary alicyclic amines) is 1. The van der Waals surface area contributed by atoms with Crippen molar-refractivity contribution in [2.45, 2.75) is 19.4 Å². The first-order valence-corrected chi connectivity index (χ1v) is 7.70. The van der Waals surface area contributed by atoms with Crippen molar-refractivity contribution in [1.82, 2.24) is 10.2 Å². The number of nitrogens with one attached hydrogen (secondary N) is 1. The third-order valence-corrected chi connectivity index (χ3v) is 4.32. The van der Waals surface area contributed by atoms with E-state index in [1.54, 1.807) is 0 Å². The molecule has 1 aliphatic heterocycles. The molecule has 0 aromatic heterocycles. The summed E-state index contributed by atoms with van der Waals surface area (Å²) in [5.74, 6) is 0.814. The molecule has 0 radical (unpaired) electrons. The van der Waals surface area contributed by atoms with E-state index in [1.165, 1.54) is 42.3 Å². The van der Waals surface area contributed by atoms with E-state index in [4.69, 9.17) is 0 Å². The molecule has 1 heterocycles. The number of hydrogen-bond acceptors (Lipinski definition) is 2. The number of benzene rings is 2. The van der Waals surface area contributed by atoms with Crippen molar-refractivity contribution in [3.63, 3.8) is 0 Å². The van der Waals surface area contributed by atoms with E-state index in [1.807, 2.05) is 0 Å². The van der Waals surface area contributed by atoms with Crippen molar-refractivity contribution in [1.29, 1.82) is 0 Å². The molecular formula is C18H24N2. The molecule has 3 rings (SSSR count). The van der Waals surface area contributed by atoms with E-state index in [0.717, 1.165) is 19.0 Å². The molecule has 20 heavy (non-hydrogen) atoms. The molecule has 0 bridgehead atoms. The Hall–Kier alpha value is -1.38. The minimum absolute atomic E-state index is 0.814. The fraction of sp³-hybridized carbons (Fsp3) is 0.444. The molecule has 1 atom stereocenters. The van der Waals surface area contributed by atoms with Gasteiger partial charge in [-0.1, -0.05) is 36.4 Å². The zero-order valence-corrected chi connectivity index (χ0v) is 12.3. The van der Waals surface area contributed by atoms with E-state index in [0.29, 0.717) is 0 Å². The number of piperidine rings is 1. The Balaban J connectivity index is 1.69. The van der Waals surface area contributed by atoms with E-state index in [9.17, 15) is 0 Å². The molecule has 0 saturated carbocycles. The topological polar surface area (TPSA) is 15.3 Å². The maximum atomic E-state index is 3.32. The first-order chi connectivity index (χ1) is 9.85. The third-order valence-electron chi connectivity index (χ3n) is 4.32. The van der Waals surface area contributed by atoms with Crippen LogP contribution in [-0.4, -0.2) is 31.6 Å². The van der Waals surface area contributed by atoms with Crippen LogP contribution in [0.4, 0.5) is 0 Å². The van der Waals surface area contributed by atoms with Gasteiger partial charge in [-0.15, -0.1) is 0 Å². The fourth-order valence-corrected chi connectivity index (χ4v) is 3.35. The number of rotatable bonds is 4. The smallest absolute Gasteiger partial charge is 0.0234 e. The maximum Gasteiger partial charge on any atom is 0.0234 e. The summed E-state index contributed by atoms with van der Waals surface area (Å²) in [6.45, 7) is 4.71. The van der Waals surface area contributed by atoms with Crippen LogP contribution in [0, 0.1) is 5.92 Å². The Bertz CT molecular complexity index is 562. The molecule has 0 spiro atoms. The third kappa shape index (κ3) is 3.20. The van der Waals surface area contributed by atoms with Crippen LogP contribution in [0.1, 0.15) is 18.4 Å². The van der Waals surface area contributed by atoms with Crippen molar-refractivity contribution in [2.75, 3.05) is 26.7 Å². The molecule has 106 valence electrons. The second-order valence-electron chi connectivity index (χ2n) is 5.98. The summed E-state index contributed by atoms with van der Waals surface area (Å²) < 4.78 is 0. The normalized spacial score (nSPS) is 20.4. The van der Waals surface area contributed by atoms with Gasteiger partial charge in [-0.2, -0.15) is 0 Å². The standard InChI is InChI=1S/C18H24N2/c1-19-12-16-5-4-10-20(14-16)13-15-8-9-17-6-2-3-7-18(17)11-15/h2-3,6-9,11,16,19H,4-5,10,12-14H2,1H3. The van der Waals surface area contributed by atoms with Crippen LogP contribution in [0.2, 0.25) is 0 Å². The van der Waals surface area contributed by atoms with Crippen molar-refractivity contribution >= 4 is 10.8 Å². The Labute approximate surface area is 121 Å². The van der Waals surface area contributed by atoms with Gasteiger partial charge >= 0.3 is 0 Å². The molecule has 1 saturated heterocycles. The van der Waals surface area contributed by atoms with Crippen molar-refractivity contribution in [3.8, 4) is 0 Å². The lowest BCUT2D eigenvalue weighted by atomic mass is 9.97. The predicted octanol–water partition coefficient (Wildman–Crippen LogP) is 3.27. The SMILES string of the molecule is CNCC1CCCN(Cc2ccc3ccccc3c2)C1. The molecule has 2 nitrogen and oxygen atoms in total. The van der Waals surface area contributed by atoms with Crippen LogP contribution in [-0.2, 0) is 6.54 Å². The van der Waals surface area contributed by atoms with E-state index in [-0.39, 0.29) is 0 Å². The minimum atomic E-state index is 0.814. The highest BCUT2D eigenvalue weighted by Gasteiger charge is 2.19. The fourth-order valence-electron chi connectivity index (χ4n) is 3.35. The second-order valence-corrected chi connectivity index (χ2v) is 5.98. The van der Waals surface area contributed by atoms with Crippen LogP contribution in [0.3, 0.4) is 0 Å². The van der Waals surface area contributed by atoms with Gasteiger partial charge in [0.1, 0.15) is 0 Å². The Morgan fingerprint density at radius 1 is 1.15 bits per heavy atom. The van der Waals surface area contributed by atoms with Gasteiger partial charge in [0.15, 0.2) is 0 Å². The summed E-state index contributed by atoms with van der Waals surface area (Å²) in [7, 11) is 2.06. The minimum Gasteiger partial charge on any atom is -0.319 e. The van der Waals surface area contributed by atoms with Crippen molar-refractivity contribution in [3.05, 3.63) is 48.0 Å². The summed E-state index contributed by atoms with van der Waals surface area (Å²) in [6, 6.07) is 15.5.